The lowest BCUT2D eigenvalue weighted by Gasteiger charge is -2.49. The molecule has 1 N–H and O–H groups in total. The van der Waals surface area contributed by atoms with Crippen LogP contribution in [0.4, 0.5) is 0 Å². The first kappa shape index (κ1) is 15.0. The van der Waals surface area contributed by atoms with Crippen LogP contribution in [-0.4, -0.2) is 18.3 Å². The minimum absolute atomic E-state index is 0.00389. The van der Waals surface area contributed by atoms with Gasteiger partial charge in [-0.05, 0) is 85.0 Å². The van der Waals surface area contributed by atoms with Crippen LogP contribution in [0.3, 0.4) is 0 Å². The van der Waals surface area contributed by atoms with Crippen molar-refractivity contribution in [2.75, 3.05) is 7.11 Å². The van der Waals surface area contributed by atoms with Crippen molar-refractivity contribution in [1.29, 1.82) is 0 Å². The number of methoxy groups -OCH3 is 1. The van der Waals surface area contributed by atoms with Crippen molar-refractivity contribution in [3.63, 3.8) is 0 Å². The molecule has 0 saturated heterocycles. The molecule has 3 aliphatic carbocycles. The van der Waals surface area contributed by atoms with Gasteiger partial charge in [-0.25, -0.2) is 0 Å². The highest BCUT2D eigenvalue weighted by molar-refractivity contribution is 5.49. The van der Waals surface area contributed by atoms with Crippen molar-refractivity contribution < 1.29 is 9.84 Å². The molecule has 1 aromatic rings. The number of aryl methyl sites for hydroxylation is 1. The molecule has 0 heterocycles. The van der Waals surface area contributed by atoms with Crippen LogP contribution in [0.5, 0.6) is 11.5 Å². The number of hydrogen-bond donors (Lipinski definition) is 1. The van der Waals surface area contributed by atoms with Crippen LogP contribution < -0.4 is 4.74 Å². The van der Waals surface area contributed by atoms with Gasteiger partial charge in [0.05, 0.1) is 13.2 Å². The number of ether oxygens (including phenoxy) is 1. The Morgan fingerprint density at radius 1 is 1.26 bits per heavy atom. The average Bonchev–Trinajstić information content (AvgIpc) is 2.90. The van der Waals surface area contributed by atoms with Crippen LogP contribution >= 0.6 is 0 Å². The van der Waals surface area contributed by atoms with Crippen LogP contribution in [0.15, 0.2) is 17.3 Å². The Morgan fingerprint density at radius 2 is 2.09 bits per heavy atom. The quantitative estimate of drug-likeness (QED) is 0.823. The first-order valence-corrected chi connectivity index (χ1v) is 8.80. The average molecular weight is 315 g/mol. The third-order valence-electron chi connectivity index (χ3n) is 7.10. The van der Waals surface area contributed by atoms with Crippen LogP contribution in [-0.2, 0) is 6.42 Å². The third kappa shape index (κ3) is 2.03. The standard InChI is InChI=1S/C19H25NO3/c1-19-8-7-12-13(15(19)5-6-18(19)20-22)4-3-11-9-16(21)17(23-2)10-14(11)12/h9-10,12-13,15,18,21H,3-8H2,1-2H3/t12-,13+,15-,18?,19-/m0/s1. The van der Waals surface area contributed by atoms with Crippen molar-refractivity contribution in [2.24, 2.45) is 22.4 Å². The number of aromatic hydroxyl groups is 1. The molecule has 4 rings (SSSR count). The van der Waals surface area contributed by atoms with E-state index < -0.39 is 0 Å². The van der Waals surface area contributed by atoms with Crippen molar-refractivity contribution >= 4 is 0 Å². The van der Waals surface area contributed by atoms with Gasteiger partial charge >= 0.3 is 0 Å². The molecular formula is C19H25NO3. The Balaban J connectivity index is 1.71. The van der Waals surface area contributed by atoms with E-state index in [0.29, 0.717) is 23.5 Å². The summed E-state index contributed by atoms with van der Waals surface area (Å²) in [4.78, 5) is 11.3. The van der Waals surface area contributed by atoms with E-state index in [2.05, 4.69) is 18.2 Å². The van der Waals surface area contributed by atoms with Gasteiger partial charge in [0.1, 0.15) is 0 Å². The lowest BCUT2D eigenvalue weighted by molar-refractivity contribution is 0.0497. The van der Waals surface area contributed by atoms with E-state index in [-0.39, 0.29) is 17.2 Å². The van der Waals surface area contributed by atoms with E-state index in [0.717, 1.165) is 38.5 Å². The van der Waals surface area contributed by atoms with Gasteiger partial charge in [-0.2, -0.15) is 4.91 Å². The summed E-state index contributed by atoms with van der Waals surface area (Å²) in [6.07, 6.45) is 6.47. The predicted molar refractivity (Wildman–Crippen MR) is 88.9 cm³/mol. The Labute approximate surface area is 137 Å². The Hall–Kier alpha value is -1.58. The number of hydrogen-bond acceptors (Lipinski definition) is 4. The summed E-state index contributed by atoms with van der Waals surface area (Å²) in [5.41, 5.74) is 2.73. The maximum Gasteiger partial charge on any atom is 0.160 e. The van der Waals surface area contributed by atoms with Crippen LogP contribution in [0.1, 0.15) is 56.1 Å². The third-order valence-corrected chi connectivity index (χ3v) is 7.10. The zero-order valence-corrected chi connectivity index (χ0v) is 13.9. The lowest BCUT2D eigenvalue weighted by atomic mass is 9.55. The first-order chi connectivity index (χ1) is 11.1. The molecule has 1 unspecified atom stereocenters. The van der Waals surface area contributed by atoms with E-state index in [9.17, 15) is 10.0 Å². The Morgan fingerprint density at radius 3 is 2.83 bits per heavy atom. The monoisotopic (exact) mass is 315 g/mol. The molecule has 3 aliphatic rings. The molecule has 23 heavy (non-hydrogen) atoms. The molecule has 0 bridgehead atoms. The zero-order chi connectivity index (χ0) is 16.2. The highest BCUT2D eigenvalue weighted by Crippen LogP contribution is 2.61. The summed E-state index contributed by atoms with van der Waals surface area (Å²) < 4.78 is 5.33. The topological polar surface area (TPSA) is 58.9 Å². The number of benzene rings is 1. The highest BCUT2D eigenvalue weighted by Gasteiger charge is 2.55. The highest BCUT2D eigenvalue weighted by atomic mass is 16.5. The second-order valence-electron chi connectivity index (χ2n) is 7.88. The van der Waals surface area contributed by atoms with Gasteiger partial charge in [-0.1, -0.05) is 12.1 Å². The Kier molecular flexibility index (Phi) is 3.40. The summed E-state index contributed by atoms with van der Waals surface area (Å²) in [5, 5.41) is 13.5. The van der Waals surface area contributed by atoms with E-state index in [1.54, 1.807) is 7.11 Å². The fourth-order valence-corrected chi connectivity index (χ4v) is 5.90. The second-order valence-corrected chi connectivity index (χ2v) is 7.88. The van der Waals surface area contributed by atoms with Gasteiger partial charge in [-0.15, -0.1) is 0 Å². The molecule has 2 fully saturated rings. The van der Waals surface area contributed by atoms with Gasteiger partial charge < -0.3 is 9.84 Å². The van der Waals surface area contributed by atoms with Crippen molar-refractivity contribution in [1.82, 2.24) is 0 Å². The van der Waals surface area contributed by atoms with E-state index in [1.807, 2.05) is 6.07 Å². The maximum atomic E-state index is 11.3. The van der Waals surface area contributed by atoms with Crippen molar-refractivity contribution in [2.45, 2.75) is 57.4 Å². The molecular weight excluding hydrogens is 290 g/mol. The largest absolute Gasteiger partial charge is 0.504 e. The molecule has 124 valence electrons. The summed E-state index contributed by atoms with van der Waals surface area (Å²) >= 11 is 0. The zero-order valence-electron chi connectivity index (χ0n) is 13.9. The molecule has 4 nitrogen and oxygen atoms in total. The minimum Gasteiger partial charge on any atom is -0.504 e. The summed E-state index contributed by atoms with van der Waals surface area (Å²) in [6.45, 7) is 2.29. The van der Waals surface area contributed by atoms with Crippen LogP contribution in [0.2, 0.25) is 0 Å². The van der Waals surface area contributed by atoms with Gasteiger partial charge in [0.25, 0.3) is 0 Å². The SMILES string of the molecule is COc1cc2c(cc1O)CC[C@@H]1[C@@H]2CC[C@]2(C)C(N=O)CC[C@@H]12. The van der Waals surface area contributed by atoms with Crippen LogP contribution in [0.25, 0.3) is 0 Å². The first-order valence-electron chi connectivity index (χ1n) is 8.80. The molecule has 0 radical (unpaired) electrons. The molecule has 2 saturated carbocycles. The van der Waals surface area contributed by atoms with E-state index >= 15 is 0 Å². The molecule has 5 atom stereocenters. The number of phenolic OH excluding ortho intramolecular Hbond substituents is 1. The normalized spacial score (nSPS) is 38.3. The van der Waals surface area contributed by atoms with Gasteiger partial charge in [0.2, 0.25) is 0 Å². The summed E-state index contributed by atoms with van der Waals surface area (Å²) in [6, 6.07) is 3.95. The fourth-order valence-electron chi connectivity index (χ4n) is 5.90. The minimum atomic E-state index is 0.00389. The number of phenols is 1. The summed E-state index contributed by atoms with van der Waals surface area (Å²) in [7, 11) is 1.61. The van der Waals surface area contributed by atoms with Gasteiger partial charge in [0, 0.05) is 0 Å². The smallest absolute Gasteiger partial charge is 0.160 e. The van der Waals surface area contributed by atoms with E-state index in [4.69, 9.17) is 4.74 Å². The maximum absolute atomic E-state index is 11.3. The number of fused-ring (bicyclic) bond motifs is 5. The second kappa shape index (κ2) is 5.22. The van der Waals surface area contributed by atoms with Crippen molar-refractivity contribution in [3.05, 3.63) is 28.2 Å². The van der Waals surface area contributed by atoms with E-state index in [1.165, 1.54) is 11.1 Å². The number of rotatable bonds is 2. The Bertz CT molecular complexity index is 644. The predicted octanol–water partition coefficient (Wildman–Crippen LogP) is 4.39. The van der Waals surface area contributed by atoms with Crippen LogP contribution in [0, 0.1) is 22.2 Å². The van der Waals surface area contributed by atoms with Gasteiger partial charge in [0.15, 0.2) is 11.5 Å². The fraction of sp³-hybridized carbons (Fsp3) is 0.684. The number of nitroso groups, excluding NO2 is 1. The summed E-state index contributed by atoms with van der Waals surface area (Å²) in [5.74, 6) is 2.61. The molecule has 0 amide bonds. The molecule has 1 aromatic carbocycles. The molecule has 4 heteroatoms. The molecule has 0 aliphatic heterocycles. The molecule has 0 spiro atoms. The lowest BCUT2D eigenvalue weighted by Crippen LogP contribution is -2.43. The molecule has 0 aromatic heterocycles. The van der Waals surface area contributed by atoms with Crippen molar-refractivity contribution in [3.8, 4) is 11.5 Å². The number of nitrogens with zero attached hydrogens (tertiary/aromatic N) is 1. The van der Waals surface area contributed by atoms with Gasteiger partial charge in [-0.3, -0.25) is 0 Å².